The van der Waals surface area contributed by atoms with Crippen LogP contribution in [-0.2, 0) is 19.1 Å². The number of rotatable bonds is 7. The third-order valence-corrected chi connectivity index (χ3v) is 2.17. The van der Waals surface area contributed by atoms with E-state index in [0.29, 0.717) is 12.3 Å². The van der Waals surface area contributed by atoms with Gasteiger partial charge in [-0.2, -0.15) is 0 Å². The van der Waals surface area contributed by atoms with E-state index in [9.17, 15) is 9.59 Å². The predicted molar refractivity (Wildman–Crippen MR) is 60.8 cm³/mol. The fourth-order valence-electron chi connectivity index (χ4n) is 1.32. The van der Waals surface area contributed by atoms with Crippen LogP contribution in [0, 0.1) is 11.8 Å². The van der Waals surface area contributed by atoms with Crippen LogP contribution in [0.2, 0.25) is 0 Å². The fourth-order valence-corrected chi connectivity index (χ4v) is 1.32. The van der Waals surface area contributed by atoms with Crippen LogP contribution in [-0.4, -0.2) is 25.2 Å². The Balaban J connectivity index is 4.37. The molecular formula is C12H22O4. The zero-order valence-electron chi connectivity index (χ0n) is 10.6. The summed E-state index contributed by atoms with van der Waals surface area (Å²) in [6, 6.07) is 0. The maximum absolute atomic E-state index is 11.5. The summed E-state index contributed by atoms with van der Waals surface area (Å²) in [4.78, 5) is 23.1. The summed E-state index contributed by atoms with van der Waals surface area (Å²) in [5.41, 5.74) is 0. The minimum atomic E-state index is -0.762. The zero-order valence-corrected chi connectivity index (χ0v) is 10.6. The summed E-state index contributed by atoms with van der Waals surface area (Å²) < 4.78 is 9.73. The summed E-state index contributed by atoms with van der Waals surface area (Å²) in [5, 5.41) is 0. The van der Waals surface area contributed by atoms with Crippen molar-refractivity contribution in [1.29, 1.82) is 0 Å². The zero-order chi connectivity index (χ0) is 12.6. The van der Waals surface area contributed by atoms with Gasteiger partial charge < -0.3 is 9.47 Å². The van der Waals surface area contributed by atoms with Crippen LogP contribution in [0.25, 0.3) is 0 Å². The summed E-state index contributed by atoms with van der Waals surface area (Å²) in [5.74, 6) is -1.25. The smallest absolute Gasteiger partial charge is 0.320 e. The van der Waals surface area contributed by atoms with Gasteiger partial charge >= 0.3 is 11.9 Å². The second-order valence-corrected chi connectivity index (χ2v) is 4.03. The lowest BCUT2D eigenvalue weighted by Gasteiger charge is -2.15. The van der Waals surface area contributed by atoms with E-state index in [4.69, 9.17) is 9.47 Å². The van der Waals surface area contributed by atoms with Crippen molar-refractivity contribution in [3.05, 3.63) is 0 Å². The molecule has 16 heavy (non-hydrogen) atoms. The largest absolute Gasteiger partial charge is 0.465 e. The van der Waals surface area contributed by atoms with E-state index in [0.717, 1.165) is 6.42 Å². The third kappa shape index (κ3) is 5.73. The van der Waals surface area contributed by atoms with Crippen molar-refractivity contribution < 1.29 is 19.1 Å². The van der Waals surface area contributed by atoms with Gasteiger partial charge in [-0.1, -0.05) is 13.8 Å². The Hall–Kier alpha value is -1.06. The Morgan fingerprint density at radius 3 is 1.69 bits per heavy atom. The minimum Gasteiger partial charge on any atom is -0.465 e. The molecule has 4 heteroatoms. The molecule has 0 aliphatic carbocycles. The standard InChI is InChI=1S/C12H22O4/c1-5-15-11(13)10(8-7-9(3)4)12(14)16-6-2/h9-10H,5-8H2,1-4H3. The van der Waals surface area contributed by atoms with Crippen molar-refractivity contribution in [2.45, 2.75) is 40.5 Å². The van der Waals surface area contributed by atoms with Crippen LogP contribution in [0.1, 0.15) is 40.5 Å². The lowest BCUT2D eigenvalue weighted by molar-refractivity contribution is -0.162. The van der Waals surface area contributed by atoms with E-state index in [1.807, 2.05) is 13.8 Å². The third-order valence-electron chi connectivity index (χ3n) is 2.17. The van der Waals surface area contributed by atoms with E-state index in [1.165, 1.54) is 0 Å². The van der Waals surface area contributed by atoms with Gasteiger partial charge in [0, 0.05) is 0 Å². The number of hydrogen-bond acceptors (Lipinski definition) is 4. The van der Waals surface area contributed by atoms with Crippen LogP contribution < -0.4 is 0 Å². The second-order valence-electron chi connectivity index (χ2n) is 4.03. The quantitative estimate of drug-likeness (QED) is 0.497. The minimum absolute atomic E-state index is 0.288. The SMILES string of the molecule is CCOC(=O)C(CCC(C)C)C(=O)OCC. The molecule has 0 aromatic heterocycles. The van der Waals surface area contributed by atoms with Crippen LogP contribution in [0.3, 0.4) is 0 Å². The molecule has 0 aliphatic heterocycles. The molecule has 0 bridgehead atoms. The molecule has 4 nitrogen and oxygen atoms in total. The van der Waals surface area contributed by atoms with E-state index in [-0.39, 0.29) is 13.2 Å². The van der Waals surface area contributed by atoms with Gasteiger partial charge in [0.25, 0.3) is 0 Å². The maximum atomic E-state index is 11.5. The Labute approximate surface area is 97.3 Å². The Morgan fingerprint density at radius 1 is 0.938 bits per heavy atom. The molecule has 0 aromatic rings. The van der Waals surface area contributed by atoms with Crippen molar-refractivity contribution >= 4 is 11.9 Å². The van der Waals surface area contributed by atoms with Gasteiger partial charge in [0.05, 0.1) is 13.2 Å². The van der Waals surface area contributed by atoms with Gasteiger partial charge in [-0.25, -0.2) is 0 Å². The van der Waals surface area contributed by atoms with Crippen LogP contribution in [0.4, 0.5) is 0 Å². The second kappa shape index (κ2) is 8.13. The number of carbonyl (C=O) groups excluding carboxylic acids is 2. The Bertz CT molecular complexity index is 205. The topological polar surface area (TPSA) is 52.6 Å². The highest BCUT2D eigenvalue weighted by Crippen LogP contribution is 2.15. The molecule has 0 fully saturated rings. The molecule has 0 saturated heterocycles. The van der Waals surface area contributed by atoms with E-state index in [2.05, 4.69) is 0 Å². The van der Waals surface area contributed by atoms with Crippen molar-refractivity contribution in [1.82, 2.24) is 0 Å². The van der Waals surface area contributed by atoms with Crippen molar-refractivity contribution in [3.8, 4) is 0 Å². The lowest BCUT2D eigenvalue weighted by Crippen LogP contribution is -2.28. The van der Waals surface area contributed by atoms with Gasteiger partial charge in [-0.05, 0) is 32.6 Å². The van der Waals surface area contributed by atoms with Gasteiger partial charge in [-0.15, -0.1) is 0 Å². The molecule has 0 aliphatic rings. The molecule has 0 atom stereocenters. The maximum Gasteiger partial charge on any atom is 0.320 e. The van der Waals surface area contributed by atoms with Crippen molar-refractivity contribution in [2.75, 3.05) is 13.2 Å². The first-order chi connectivity index (χ1) is 7.52. The van der Waals surface area contributed by atoms with Crippen LogP contribution >= 0.6 is 0 Å². The van der Waals surface area contributed by atoms with Gasteiger partial charge in [0.15, 0.2) is 5.92 Å². The van der Waals surface area contributed by atoms with Crippen molar-refractivity contribution in [2.24, 2.45) is 11.8 Å². The predicted octanol–water partition coefficient (Wildman–Crippen LogP) is 2.17. The molecule has 0 aromatic carbocycles. The molecule has 0 spiro atoms. The number of esters is 2. The number of carbonyl (C=O) groups is 2. The Kier molecular flexibility index (Phi) is 7.60. The lowest BCUT2D eigenvalue weighted by atomic mass is 9.98. The molecule has 0 radical (unpaired) electrons. The highest BCUT2D eigenvalue weighted by atomic mass is 16.6. The molecule has 0 amide bonds. The van der Waals surface area contributed by atoms with E-state index in [1.54, 1.807) is 13.8 Å². The first-order valence-electron chi connectivity index (χ1n) is 5.86. The first kappa shape index (κ1) is 14.9. The number of ether oxygens (including phenoxy) is 2. The van der Waals surface area contributed by atoms with Gasteiger partial charge in [-0.3, -0.25) is 9.59 Å². The summed E-state index contributed by atoms with van der Waals surface area (Å²) in [6.07, 6.45) is 1.30. The fraction of sp³-hybridized carbons (Fsp3) is 0.833. The monoisotopic (exact) mass is 230 g/mol. The normalized spacial score (nSPS) is 10.6. The highest BCUT2D eigenvalue weighted by molar-refractivity contribution is 5.94. The molecular weight excluding hydrogens is 208 g/mol. The first-order valence-corrected chi connectivity index (χ1v) is 5.86. The summed E-state index contributed by atoms with van der Waals surface area (Å²) in [6.45, 7) is 8.12. The molecule has 0 saturated carbocycles. The molecule has 0 unspecified atom stereocenters. The molecule has 94 valence electrons. The average Bonchev–Trinajstić information content (AvgIpc) is 2.18. The van der Waals surface area contributed by atoms with E-state index >= 15 is 0 Å². The van der Waals surface area contributed by atoms with Crippen LogP contribution in [0.5, 0.6) is 0 Å². The van der Waals surface area contributed by atoms with Crippen LogP contribution in [0.15, 0.2) is 0 Å². The number of hydrogen-bond donors (Lipinski definition) is 0. The summed E-state index contributed by atoms with van der Waals surface area (Å²) >= 11 is 0. The van der Waals surface area contributed by atoms with Crippen molar-refractivity contribution in [3.63, 3.8) is 0 Å². The highest BCUT2D eigenvalue weighted by Gasteiger charge is 2.29. The van der Waals surface area contributed by atoms with Gasteiger partial charge in [0.1, 0.15) is 0 Å². The molecule has 0 rings (SSSR count). The molecule has 0 heterocycles. The Morgan fingerprint density at radius 2 is 1.38 bits per heavy atom. The van der Waals surface area contributed by atoms with E-state index < -0.39 is 17.9 Å². The van der Waals surface area contributed by atoms with Gasteiger partial charge in [0.2, 0.25) is 0 Å². The molecule has 0 N–H and O–H groups in total. The average molecular weight is 230 g/mol. The summed E-state index contributed by atoms with van der Waals surface area (Å²) in [7, 11) is 0.